The van der Waals surface area contributed by atoms with Gasteiger partial charge >= 0.3 is 0 Å². The number of nitrogens with one attached hydrogen (secondary N) is 3. The van der Waals surface area contributed by atoms with Gasteiger partial charge in [-0.15, -0.1) is 0 Å². The molecule has 172 valence electrons. The van der Waals surface area contributed by atoms with Gasteiger partial charge < -0.3 is 20.4 Å². The van der Waals surface area contributed by atoms with Gasteiger partial charge in [-0.3, -0.25) is 19.0 Å². The predicted molar refractivity (Wildman–Crippen MR) is 129 cm³/mol. The lowest BCUT2D eigenvalue weighted by Gasteiger charge is -2.20. The highest BCUT2D eigenvalue weighted by Crippen LogP contribution is 2.23. The van der Waals surface area contributed by atoms with Crippen molar-refractivity contribution in [3.05, 3.63) is 99.6 Å². The van der Waals surface area contributed by atoms with Gasteiger partial charge in [0.05, 0.1) is 30.3 Å². The van der Waals surface area contributed by atoms with Gasteiger partial charge in [-0.05, 0) is 42.5 Å². The van der Waals surface area contributed by atoms with Crippen LogP contribution in [0.3, 0.4) is 0 Å². The molecule has 34 heavy (non-hydrogen) atoms. The first-order valence-electron chi connectivity index (χ1n) is 10.7. The summed E-state index contributed by atoms with van der Waals surface area (Å²) in [5.74, 6) is -0.552. The summed E-state index contributed by atoms with van der Waals surface area (Å²) in [5.41, 5.74) is 2.21. The number of amides is 2. The zero-order valence-corrected chi connectivity index (χ0v) is 18.7. The van der Waals surface area contributed by atoms with Crippen LogP contribution in [0.1, 0.15) is 20.7 Å². The third-order valence-electron chi connectivity index (χ3n) is 5.84. The smallest absolute Gasteiger partial charge is 0.255 e. The minimum absolute atomic E-state index is 0.153. The Morgan fingerprint density at radius 1 is 0.941 bits per heavy atom. The van der Waals surface area contributed by atoms with E-state index >= 15 is 0 Å². The van der Waals surface area contributed by atoms with Crippen LogP contribution in [-0.4, -0.2) is 46.7 Å². The van der Waals surface area contributed by atoms with E-state index in [4.69, 9.17) is 16.3 Å². The lowest BCUT2D eigenvalue weighted by molar-refractivity contribution is 0.0897. The second kappa shape index (κ2) is 9.17. The maximum absolute atomic E-state index is 12.8. The van der Waals surface area contributed by atoms with Crippen LogP contribution in [0.5, 0.6) is 0 Å². The Kier molecular flexibility index (Phi) is 5.91. The highest BCUT2D eigenvalue weighted by molar-refractivity contribution is 6.35. The van der Waals surface area contributed by atoms with Crippen molar-refractivity contribution in [3.63, 3.8) is 0 Å². The molecule has 1 aliphatic heterocycles. The fourth-order valence-corrected chi connectivity index (χ4v) is 4.21. The summed E-state index contributed by atoms with van der Waals surface area (Å²) in [4.78, 5) is 40.6. The Balaban J connectivity index is 1.24. The lowest BCUT2D eigenvalue weighted by Crippen LogP contribution is -2.51. The summed E-state index contributed by atoms with van der Waals surface area (Å²) >= 11 is 6.10. The molecule has 1 aliphatic rings. The fourth-order valence-electron chi connectivity index (χ4n) is 3.99. The van der Waals surface area contributed by atoms with E-state index < -0.39 is 0 Å². The van der Waals surface area contributed by atoms with Crippen LogP contribution in [0.4, 0.5) is 0 Å². The monoisotopic (exact) mass is 476 g/mol. The predicted octanol–water partition coefficient (Wildman–Crippen LogP) is 2.90. The van der Waals surface area contributed by atoms with Gasteiger partial charge in [0.15, 0.2) is 0 Å². The Labute approximate surface area is 199 Å². The number of hydrogen-bond acceptors (Lipinski definition) is 4. The number of fused-ring (bicyclic) bond motifs is 1. The second-order valence-electron chi connectivity index (χ2n) is 8.05. The highest BCUT2D eigenvalue weighted by Gasteiger charge is 2.31. The molecule has 1 fully saturated rings. The van der Waals surface area contributed by atoms with E-state index in [1.54, 1.807) is 67.0 Å². The van der Waals surface area contributed by atoms with E-state index in [9.17, 15) is 14.4 Å². The number of carbonyl (C=O) groups excluding carboxylic acids is 2. The molecule has 8 nitrogen and oxygen atoms in total. The van der Waals surface area contributed by atoms with E-state index in [1.807, 2.05) is 0 Å². The van der Waals surface area contributed by atoms with Crippen LogP contribution in [0.25, 0.3) is 16.6 Å². The number of rotatable bonds is 5. The Hall–Kier alpha value is -3.88. The Bertz CT molecular complexity index is 1430. The van der Waals surface area contributed by atoms with Crippen molar-refractivity contribution >= 4 is 34.3 Å². The Morgan fingerprint density at radius 3 is 2.32 bits per heavy atom. The minimum Gasteiger partial charge on any atom is -0.377 e. The van der Waals surface area contributed by atoms with Gasteiger partial charge in [-0.2, -0.15) is 0 Å². The third-order valence-corrected chi connectivity index (χ3v) is 6.15. The van der Waals surface area contributed by atoms with E-state index in [1.165, 1.54) is 10.6 Å². The van der Waals surface area contributed by atoms with Gasteiger partial charge in [0, 0.05) is 46.2 Å². The minimum atomic E-state index is -0.378. The Morgan fingerprint density at radius 2 is 1.62 bits per heavy atom. The molecule has 4 aromatic rings. The number of nitrogens with zero attached hydrogens (tertiary/aromatic N) is 1. The maximum Gasteiger partial charge on any atom is 0.255 e. The molecule has 0 spiro atoms. The highest BCUT2D eigenvalue weighted by atomic mass is 35.5. The lowest BCUT2D eigenvalue weighted by atomic mass is 10.1. The van der Waals surface area contributed by atoms with E-state index in [0.29, 0.717) is 35.1 Å². The van der Waals surface area contributed by atoms with Crippen LogP contribution < -0.4 is 16.2 Å². The van der Waals surface area contributed by atoms with Gasteiger partial charge in [0.2, 0.25) is 0 Å². The zero-order valence-electron chi connectivity index (χ0n) is 18.0. The average Bonchev–Trinajstić information content (AvgIpc) is 3.45. The summed E-state index contributed by atoms with van der Waals surface area (Å²) in [6, 6.07) is 16.1. The number of aromatic amines is 1. The molecule has 2 atom stereocenters. The van der Waals surface area contributed by atoms with Crippen LogP contribution in [0.2, 0.25) is 5.02 Å². The number of halogens is 1. The summed E-state index contributed by atoms with van der Waals surface area (Å²) < 4.78 is 7.01. The molecule has 0 unspecified atom stereocenters. The number of benzene rings is 2. The van der Waals surface area contributed by atoms with Crippen molar-refractivity contribution in [2.24, 2.45) is 0 Å². The number of ether oxygens (including phenoxy) is 1. The van der Waals surface area contributed by atoms with Crippen molar-refractivity contribution in [3.8, 4) is 5.69 Å². The molecule has 2 aromatic carbocycles. The third kappa shape index (κ3) is 4.33. The molecule has 2 aromatic heterocycles. The first-order valence-corrected chi connectivity index (χ1v) is 11.1. The molecule has 3 N–H and O–H groups in total. The van der Waals surface area contributed by atoms with Crippen molar-refractivity contribution < 1.29 is 14.3 Å². The standard InChI is InChI=1S/C25H21ClN4O4/c26-19-12-27-20-11-16(6-9-18(19)20)25(33)29-22-14-34-13-21(22)28-24(32)15-4-7-17(8-5-15)30-10-2-1-3-23(30)31/h1-12,21-22,27H,13-14H2,(H,28,32)(H,29,33)/t21-,22+/m0/s1. The van der Waals surface area contributed by atoms with Gasteiger partial charge in [-0.25, -0.2) is 0 Å². The van der Waals surface area contributed by atoms with Gasteiger partial charge in [-0.1, -0.05) is 23.7 Å². The maximum atomic E-state index is 12.8. The van der Waals surface area contributed by atoms with Crippen molar-refractivity contribution in [2.75, 3.05) is 13.2 Å². The average molecular weight is 477 g/mol. The van der Waals surface area contributed by atoms with Crippen molar-refractivity contribution in [2.45, 2.75) is 12.1 Å². The summed E-state index contributed by atoms with van der Waals surface area (Å²) in [5, 5.41) is 7.32. The second-order valence-corrected chi connectivity index (χ2v) is 8.46. The fraction of sp³-hybridized carbons (Fsp3) is 0.160. The van der Waals surface area contributed by atoms with Crippen molar-refractivity contribution in [1.29, 1.82) is 0 Å². The zero-order chi connectivity index (χ0) is 23.7. The molecule has 1 saturated heterocycles. The molecule has 9 heteroatoms. The van der Waals surface area contributed by atoms with Crippen LogP contribution in [-0.2, 0) is 4.74 Å². The van der Waals surface area contributed by atoms with Crippen molar-refractivity contribution in [1.82, 2.24) is 20.2 Å². The summed E-state index contributed by atoms with van der Waals surface area (Å²) in [7, 11) is 0. The molecule has 0 saturated carbocycles. The first-order chi connectivity index (χ1) is 16.5. The molecule has 3 heterocycles. The SMILES string of the molecule is O=C(N[C@H]1COC[C@H]1NC(=O)c1ccc2c(Cl)c[nH]c2c1)c1ccc(-n2ccccc2=O)cc1. The molecule has 0 radical (unpaired) electrons. The van der Waals surface area contributed by atoms with E-state index in [2.05, 4.69) is 15.6 Å². The summed E-state index contributed by atoms with van der Waals surface area (Å²) in [6.07, 6.45) is 3.34. The molecular formula is C25H21ClN4O4. The van der Waals surface area contributed by atoms with Crippen LogP contribution in [0.15, 0.2) is 77.9 Å². The molecule has 0 bridgehead atoms. The molecular weight excluding hydrogens is 456 g/mol. The number of H-pyrrole nitrogens is 1. The number of aromatic nitrogens is 2. The molecule has 0 aliphatic carbocycles. The van der Waals surface area contributed by atoms with E-state index in [-0.39, 0.29) is 29.5 Å². The largest absolute Gasteiger partial charge is 0.377 e. The quantitative estimate of drug-likeness (QED) is 0.412. The van der Waals surface area contributed by atoms with Crippen LogP contribution >= 0.6 is 11.6 Å². The topological polar surface area (TPSA) is 105 Å². The van der Waals surface area contributed by atoms with Gasteiger partial charge in [0.25, 0.3) is 17.4 Å². The first kappa shape index (κ1) is 21.9. The normalized spacial score (nSPS) is 17.6. The number of pyridine rings is 1. The summed E-state index contributed by atoms with van der Waals surface area (Å²) in [6.45, 7) is 0.586. The molecule has 5 rings (SSSR count). The van der Waals surface area contributed by atoms with Gasteiger partial charge in [0.1, 0.15) is 0 Å². The number of carbonyl (C=O) groups is 2. The number of hydrogen-bond donors (Lipinski definition) is 3. The van der Waals surface area contributed by atoms with Crippen LogP contribution in [0, 0.1) is 0 Å². The van der Waals surface area contributed by atoms with E-state index in [0.717, 1.165) is 10.9 Å². The molecule has 2 amide bonds.